The molecular formula is C19H20ClN5O. The van der Waals surface area contributed by atoms with Crippen LogP contribution in [0.4, 0.5) is 5.69 Å². The van der Waals surface area contributed by atoms with E-state index in [1.54, 1.807) is 12.1 Å². The summed E-state index contributed by atoms with van der Waals surface area (Å²) in [5, 5.41) is 16.1. The Morgan fingerprint density at radius 3 is 2.62 bits per heavy atom. The number of hydrogen-bond donors (Lipinski definition) is 1. The van der Waals surface area contributed by atoms with Crippen molar-refractivity contribution >= 4 is 23.2 Å². The largest absolute Gasteiger partial charge is 0.324 e. The van der Waals surface area contributed by atoms with Gasteiger partial charge in [0.1, 0.15) is 0 Å². The third-order valence-corrected chi connectivity index (χ3v) is 4.40. The molecule has 0 radical (unpaired) electrons. The molecule has 3 rings (SSSR count). The summed E-state index contributed by atoms with van der Waals surface area (Å²) >= 11 is 5.91. The second-order valence-corrected chi connectivity index (χ2v) is 6.61. The summed E-state index contributed by atoms with van der Waals surface area (Å²) in [7, 11) is 0. The van der Waals surface area contributed by atoms with Crippen molar-refractivity contribution in [3.8, 4) is 11.4 Å². The monoisotopic (exact) mass is 369 g/mol. The van der Waals surface area contributed by atoms with Gasteiger partial charge in [-0.05, 0) is 66.9 Å². The van der Waals surface area contributed by atoms with E-state index in [0.29, 0.717) is 17.3 Å². The van der Waals surface area contributed by atoms with Crippen molar-refractivity contribution in [1.82, 2.24) is 20.2 Å². The van der Waals surface area contributed by atoms with Crippen LogP contribution in [0.25, 0.3) is 11.4 Å². The average molecular weight is 370 g/mol. The summed E-state index contributed by atoms with van der Waals surface area (Å²) in [6.07, 6.45) is 0.549. The summed E-state index contributed by atoms with van der Waals surface area (Å²) in [5.41, 5.74) is 3.69. The number of aromatic nitrogens is 4. The minimum atomic E-state index is -0.538. The maximum atomic E-state index is 12.7. The first-order valence-electron chi connectivity index (χ1n) is 8.41. The number of amides is 1. The Morgan fingerprint density at radius 1 is 1.19 bits per heavy atom. The van der Waals surface area contributed by atoms with Gasteiger partial charge in [-0.2, -0.15) is 4.80 Å². The third kappa shape index (κ3) is 3.91. The highest BCUT2D eigenvalue weighted by atomic mass is 35.5. The molecule has 7 heteroatoms. The molecule has 1 aromatic heterocycles. The molecule has 0 fully saturated rings. The van der Waals surface area contributed by atoms with E-state index in [0.717, 1.165) is 22.4 Å². The van der Waals surface area contributed by atoms with Crippen molar-refractivity contribution in [3.63, 3.8) is 0 Å². The van der Waals surface area contributed by atoms with E-state index in [4.69, 9.17) is 11.6 Å². The molecule has 1 N–H and O–H groups in total. The third-order valence-electron chi connectivity index (χ3n) is 4.15. The van der Waals surface area contributed by atoms with Crippen molar-refractivity contribution < 1.29 is 4.79 Å². The number of hydrogen-bond acceptors (Lipinski definition) is 4. The molecular weight excluding hydrogens is 350 g/mol. The van der Waals surface area contributed by atoms with Crippen LogP contribution in [0.2, 0.25) is 5.02 Å². The highest BCUT2D eigenvalue weighted by molar-refractivity contribution is 6.30. The van der Waals surface area contributed by atoms with Crippen LogP contribution in [-0.4, -0.2) is 26.1 Å². The lowest BCUT2D eigenvalue weighted by atomic mass is 10.1. The molecule has 0 aliphatic heterocycles. The van der Waals surface area contributed by atoms with E-state index in [2.05, 4.69) is 20.7 Å². The normalized spacial score (nSPS) is 12.0. The molecule has 1 atom stereocenters. The minimum absolute atomic E-state index is 0.166. The maximum absolute atomic E-state index is 12.7. The van der Waals surface area contributed by atoms with Gasteiger partial charge in [-0.15, -0.1) is 10.2 Å². The van der Waals surface area contributed by atoms with Crippen molar-refractivity contribution in [3.05, 3.63) is 58.6 Å². The van der Waals surface area contributed by atoms with E-state index in [9.17, 15) is 4.79 Å². The molecule has 0 saturated heterocycles. The van der Waals surface area contributed by atoms with Gasteiger partial charge >= 0.3 is 0 Å². The number of rotatable bonds is 5. The van der Waals surface area contributed by atoms with Gasteiger partial charge < -0.3 is 5.32 Å². The SMILES string of the molecule is CCC(C(=O)Nc1cc(C)ccc1C)n1nnc(-c2ccc(Cl)cc2)n1. The topological polar surface area (TPSA) is 72.7 Å². The van der Waals surface area contributed by atoms with Gasteiger partial charge in [0.05, 0.1) is 0 Å². The van der Waals surface area contributed by atoms with Crippen LogP contribution in [0.1, 0.15) is 30.5 Å². The van der Waals surface area contributed by atoms with E-state index >= 15 is 0 Å². The minimum Gasteiger partial charge on any atom is -0.324 e. The molecule has 1 heterocycles. The Hall–Kier alpha value is -2.73. The molecule has 0 aliphatic rings. The molecule has 0 bridgehead atoms. The lowest BCUT2D eigenvalue weighted by Crippen LogP contribution is -2.27. The zero-order chi connectivity index (χ0) is 18.7. The number of nitrogens with one attached hydrogen (secondary N) is 1. The number of nitrogens with zero attached hydrogens (tertiary/aromatic N) is 4. The van der Waals surface area contributed by atoms with Crippen molar-refractivity contribution in [2.24, 2.45) is 0 Å². The lowest BCUT2D eigenvalue weighted by molar-refractivity contribution is -0.120. The molecule has 2 aromatic carbocycles. The standard InChI is InChI=1S/C19H20ClN5O/c1-4-17(19(26)21-16-11-12(2)5-6-13(16)3)25-23-18(22-24-25)14-7-9-15(20)10-8-14/h5-11,17H,4H2,1-3H3,(H,21,26). The van der Waals surface area contributed by atoms with E-state index in [-0.39, 0.29) is 5.91 Å². The van der Waals surface area contributed by atoms with Gasteiger partial charge in [-0.25, -0.2) is 0 Å². The zero-order valence-electron chi connectivity index (χ0n) is 14.9. The molecule has 1 amide bonds. The first-order chi connectivity index (χ1) is 12.5. The first kappa shape index (κ1) is 18.1. The average Bonchev–Trinajstić information content (AvgIpc) is 3.09. The summed E-state index contributed by atoms with van der Waals surface area (Å²) in [6, 6.07) is 12.6. The van der Waals surface area contributed by atoms with Crippen LogP contribution in [0.3, 0.4) is 0 Å². The number of tetrazole rings is 1. The summed E-state index contributed by atoms with van der Waals surface area (Å²) in [6.45, 7) is 5.87. The summed E-state index contributed by atoms with van der Waals surface area (Å²) in [5.74, 6) is 0.293. The van der Waals surface area contributed by atoms with Crippen LogP contribution < -0.4 is 5.32 Å². The van der Waals surface area contributed by atoms with Gasteiger partial charge in [0.2, 0.25) is 5.82 Å². The number of benzene rings is 2. The molecule has 0 spiro atoms. The number of aryl methyl sites for hydroxylation is 2. The van der Waals surface area contributed by atoms with Crippen LogP contribution >= 0.6 is 11.6 Å². The van der Waals surface area contributed by atoms with E-state index in [1.807, 2.05) is 51.1 Å². The molecule has 6 nitrogen and oxygen atoms in total. The molecule has 3 aromatic rings. The smallest absolute Gasteiger partial charge is 0.251 e. The lowest BCUT2D eigenvalue weighted by Gasteiger charge is -2.15. The Balaban J connectivity index is 1.81. The fourth-order valence-corrected chi connectivity index (χ4v) is 2.74. The predicted octanol–water partition coefficient (Wildman–Crippen LogP) is 4.20. The zero-order valence-corrected chi connectivity index (χ0v) is 15.7. The number of carbonyl (C=O) groups is 1. The Bertz CT molecular complexity index is 920. The fraction of sp³-hybridized carbons (Fsp3) is 0.263. The van der Waals surface area contributed by atoms with Gasteiger partial charge in [0.15, 0.2) is 6.04 Å². The van der Waals surface area contributed by atoms with Crippen LogP contribution in [0.5, 0.6) is 0 Å². The number of anilines is 1. The second-order valence-electron chi connectivity index (χ2n) is 6.17. The van der Waals surface area contributed by atoms with Crippen molar-refractivity contribution in [2.45, 2.75) is 33.2 Å². The predicted molar refractivity (Wildman–Crippen MR) is 102 cm³/mol. The highest BCUT2D eigenvalue weighted by Crippen LogP contribution is 2.21. The maximum Gasteiger partial charge on any atom is 0.251 e. The molecule has 26 heavy (non-hydrogen) atoms. The Labute approximate surface area is 157 Å². The molecule has 1 unspecified atom stereocenters. The summed E-state index contributed by atoms with van der Waals surface area (Å²) < 4.78 is 0. The molecule has 134 valence electrons. The van der Waals surface area contributed by atoms with Crippen LogP contribution in [-0.2, 0) is 4.79 Å². The van der Waals surface area contributed by atoms with Gasteiger partial charge in [0.25, 0.3) is 5.91 Å². The second kappa shape index (κ2) is 7.66. The molecule has 0 aliphatic carbocycles. The van der Waals surface area contributed by atoms with Crippen LogP contribution in [0, 0.1) is 13.8 Å². The summed E-state index contributed by atoms with van der Waals surface area (Å²) in [4.78, 5) is 14.1. The van der Waals surface area contributed by atoms with Crippen LogP contribution in [0.15, 0.2) is 42.5 Å². The van der Waals surface area contributed by atoms with Gasteiger partial charge in [-0.3, -0.25) is 4.79 Å². The van der Waals surface area contributed by atoms with E-state index < -0.39 is 6.04 Å². The van der Waals surface area contributed by atoms with Gasteiger partial charge in [-0.1, -0.05) is 30.7 Å². The Morgan fingerprint density at radius 2 is 1.92 bits per heavy atom. The number of carbonyl (C=O) groups excluding carboxylic acids is 1. The Kier molecular flexibility index (Phi) is 5.32. The highest BCUT2D eigenvalue weighted by Gasteiger charge is 2.22. The van der Waals surface area contributed by atoms with Crippen molar-refractivity contribution in [1.29, 1.82) is 0 Å². The first-order valence-corrected chi connectivity index (χ1v) is 8.79. The van der Waals surface area contributed by atoms with E-state index in [1.165, 1.54) is 4.80 Å². The quantitative estimate of drug-likeness (QED) is 0.731. The van der Waals surface area contributed by atoms with Crippen molar-refractivity contribution in [2.75, 3.05) is 5.32 Å². The fourth-order valence-electron chi connectivity index (χ4n) is 2.61. The molecule has 0 saturated carbocycles. The van der Waals surface area contributed by atoms with Gasteiger partial charge in [0, 0.05) is 16.3 Å². The number of halogens is 1.